The maximum absolute atomic E-state index is 12.4. The second-order valence-corrected chi connectivity index (χ2v) is 4.93. The highest BCUT2D eigenvalue weighted by molar-refractivity contribution is 5.97. The van der Waals surface area contributed by atoms with E-state index in [1.54, 1.807) is 12.1 Å². The van der Waals surface area contributed by atoms with Crippen molar-refractivity contribution in [1.29, 1.82) is 0 Å². The zero-order valence-corrected chi connectivity index (χ0v) is 11.7. The number of aliphatic hydroxyl groups is 1. The highest BCUT2D eigenvalue weighted by Crippen LogP contribution is 2.32. The van der Waals surface area contributed by atoms with Crippen LogP contribution in [0, 0.1) is 0 Å². The van der Waals surface area contributed by atoms with Crippen molar-refractivity contribution in [2.24, 2.45) is 0 Å². The monoisotopic (exact) mass is 300 g/mol. The van der Waals surface area contributed by atoms with Crippen molar-refractivity contribution in [2.45, 2.75) is 13.2 Å². The minimum absolute atomic E-state index is 0.0783. The van der Waals surface area contributed by atoms with Crippen LogP contribution in [0.25, 0.3) is 21.9 Å². The van der Waals surface area contributed by atoms with Gasteiger partial charge in [-0.3, -0.25) is 0 Å². The molecule has 3 aromatic rings. The summed E-state index contributed by atoms with van der Waals surface area (Å²) in [7, 11) is 0. The Bertz CT molecular complexity index is 800. The van der Waals surface area contributed by atoms with Gasteiger partial charge in [0.15, 0.2) is 0 Å². The molecule has 2 nitrogen and oxygen atoms in total. The summed E-state index contributed by atoms with van der Waals surface area (Å²) in [6, 6.07) is 18.1. The van der Waals surface area contributed by atoms with E-state index in [0.717, 1.165) is 27.5 Å². The molecule has 0 saturated carbocycles. The summed E-state index contributed by atoms with van der Waals surface area (Å²) in [6.07, 6.45) is 0. The van der Waals surface area contributed by atoms with E-state index in [0.29, 0.717) is 0 Å². The van der Waals surface area contributed by atoms with Crippen molar-refractivity contribution in [3.8, 4) is 16.9 Å². The molecule has 0 fully saturated rings. The lowest BCUT2D eigenvalue weighted by Crippen LogP contribution is -2.01. The molecule has 0 amide bonds. The van der Waals surface area contributed by atoms with E-state index < -0.39 is 6.61 Å². The molecule has 3 rings (SSSR count). The number of halogens is 2. The molecule has 0 radical (unpaired) electrons. The molecule has 112 valence electrons. The third-order valence-electron chi connectivity index (χ3n) is 3.47. The average Bonchev–Trinajstić information content (AvgIpc) is 2.53. The lowest BCUT2D eigenvalue weighted by atomic mass is 9.95. The van der Waals surface area contributed by atoms with Gasteiger partial charge in [-0.1, -0.05) is 36.4 Å². The minimum atomic E-state index is -2.85. The van der Waals surface area contributed by atoms with E-state index in [4.69, 9.17) is 0 Å². The number of ether oxygens (including phenoxy) is 1. The molecule has 22 heavy (non-hydrogen) atoms. The van der Waals surface area contributed by atoms with Gasteiger partial charge in [0.2, 0.25) is 0 Å². The Hall–Kier alpha value is -2.46. The van der Waals surface area contributed by atoms with Crippen molar-refractivity contribution in [1.82, 2.24) is 0 Å². The number of aliphatic hydroxyl groups excluding tert-OH is 1. The van der Waals surface area contributed by atoms with Crippen molar-refractivity contribution < 1.29 is 18.6 Å². The molecule has 3 aromatic carbocycles. The van der Waals surface area contributed by atoms with Crippen molar-refractivity contribution in [3.05, 3.63) is 66.2 Å². The normalized spacial score (nSPS) is 11.1. The predicted molar refractivity (Wildman–Crippen MR) is 81.9 cm³/mol. The Morgan fingerprint density at radius 1 is 0.955 bits per heavy atom. The number of rotatable bonds is 4. The van der Waals surface area contributed by atoms with Crippen LogP contribution in [0.3, 0.4) is 0 Å². The number of hydrogen-bond acceptors (Lipinski definition) is 2. The Labute approximate surface area is 126 Å². The zero-order valence-electron chi connectivity index (χ0n) is 11.7. The van der Waals surface area contributed by atoms with Gasteiger partial charge in [0, 0.05) is 0 Å². The van der Waals surface area contributed by atoms with Gasteiger partial charge in [-0.25, -0.2) is 0 Å². The summed E-state index contributed by atoms with van der Waals surface area (Å²) < 4.78 is 29.2. The smallest absolute Gasteiger partial charge is 0.387 e. The summed E-state index contributed by atoms with van der Waals surface area (Å²) in [5.74, 6) is 0.117. The molecule has 0 bridgehead atoms. The van der Waals surface area contributed by atoms with Crippen LogP contribution in [0.5, 0.6) is 5.75 Å². The Balaban J connectivity index is 2.16. The fraction of sp³-hybridized carbons (Fsp3) is 0.111. The Morgan fingerprint density at radius 2 is 1.77 bits per heavy atom. The van der Waals surface area contributed by atoms with Gasteiger partial charge in [0.1, 0.15) is 5.75 Å². The summed E-state index contributed by atoms with van der Waals surface area (Å²) >= 11 is 0. The molecule has 0 spiro atoms. The highest BCUT2D eigenvalue weighted by atomic mass is 19.3. The molecule has 0 aliphatic rings. The van der Waals surface area contributed by atoms with Crippen LogP contribution in [-0.2, 0) is 6.61 Å². The zero-order chi connectivity index (χ0) is 15.5. The maximum atomic E-state index is 12.4. The third-order valence-corrected chi connectivity index (χ3v) is 3.47. The summed E-state index contributed by atoms with van der Waals surface area (Å²) in [4.78, 5) is 0. The number of benzene rings is 3. The molecule has 0 heterocycles. The van der Waals surface area contributed by atoms with Gasteiger partial charge in [0.25, 0.3) is 0 Å². The van der Waals surface area contributed by atoms with Gasteiger partial charge < -0.3 is 9.84 Å². The second kappa shape index (κ2) is 6.12. The van der Waals surface area contributed by atoms with Crippen LogP contribution < -0.4 is 4.74 Å². The van der Waals surface area contributed by atoms with Crippen molar-refractivity contribution in [2.75, 3.05) is 0 Å². The molecule has 4 heteroatoms. The SMILES string of the molecule is OCc1cc(-c2cccc(OC(F)F)c2)c2ccccc2c1. The second-order valence-electron chi connectivity index (χ2n) is 4.93. The topological polar surface area (TPSA) is 29.5 Å². The summed E-state index contributed by atoms with van der Waals surface area (Å²) in [5, 5.41) is 11.4. The third kappa shape index (κ3) is 2.92. The fourth-order valence-corrected chi connectivity index (χ4v) is 2.54. The van der Waals surface area contributed by atoms with Crippen LogP contribution in [0.2, 0.25) is 0 Å². The highest BCUT2D eigenvalue weighted by Gasteiger charge is 2.09. The van der Waals surface area contributed by atoms with Crippen LogP contribution in [0.4, 0.5) is 8.78 Å². The lowest BCUT2D eigenvalue weighted by Gasteiger charge is -2.11. The largest absolute Gasteiger partial charge is 0.435 e. The van der Waals surface area contributed by atoms with E-state index in [9.17, 15) is 13.9 Å². The molecular formula is C18H14F2O2. The Kier molecular flexibility index (Phi) is 4.02. The first-order valence-corrected chi connectivity index (χ1v) is 6.85. The number of fused-ring (bicyclic) bond motifs is 1. The first kappa shape index (κ1) is 14.5. The molecule has 0 atom stereocenters. The molecule has 0 aliphatic carbocycles. The fourth-order valence-electron chi connectivity index (χ4n) is 2.54. The molecule has 0 aromatic heterocycles. The molecule has 1 N–H and O–H groups in total. The van der Waals surface area contributed by atoms with E-state index in [1.807, 2.05) is 42.5 Å². The minimum Gasteiger partial charge on any atom is -0.435 e. The van der Waals surface area contributed by atoms with E-state index in [-0.39, 0.29) is 12.4 Å². The predicted octanol–water partition coefficient (Wildman–Crippen LogP) is 4.60. The van der Waals surface area contributed by atoms with Crippen LogP contribution in [0.15, 0.2) is 60.7 Å². The standard InChI is InChI=1S/C18H14F2O2/c19-18(20)22-15-6-3-5-14(10-15)17-9-12(11-21)8-13-4-1-2-7-16(13)17/h1-10,18,21H,11H2. The van der Waals surface area contributed by atoms with Gasteiger partial charge >= 0.3 is 6.61 Å². The summed E-state index contributed by atoms with van der Waals surface area (Å²) in [5.41, 5.74) is 2.42. The van der Waals surface area contributed by atoms with Gasteiger partial charge in [-0.15, -0.1) is 0 Å². The van der Waals surface area contributed by atoms with Gasteiger partial charge in [-0.2, -0.15) is 8.78 Å². The van der Waals surface area contributed by atoms with Crippen molar-refractivity contribution in [3.63, 3.8) is 0 Å². The van der Waals surface area contributed by atoms with Gasteiger partial charge in [0.05, 0.1) is 6.61 Å². The Morgan fingerprint density at radius 3 is 2.55 bits per heavy atom. The molecular weight excluding hydrogens is 286 g/mol. The van der Waals surface area contributed by atoms with Crippen LogP contribution >= 0.6 is 0 Å². The van der Waals surface area contributed by atoms with E-state index in [1.165, 1.54) is 6.07 Å². The quantitative estimate of drug-likeness (QED) is 0.763. The van der Waals surface area contributed by atoms with E-state index >= 15 is 0 Å². The molecule has 0 aliphatic heterocycles. The first-order valence-electron chi connectivity index (χ1n) is 6.85. The average molecular weight is 300 g/mol. The molecule has 0 unspecified atom stereocenters. The lowest BCUT2D eigenvalue weighted by molar-refractivity contribution is -0.0498. The van der Waals surface area contributed by atoms with E-state index in [2.05, 4.69) is 4.74 Å². The number of hydrogen-bond donors (Lipinski definition) is 1. The van der Waals surface area contributed by atoms with Crippen LogP contribution in [0.1, 0.15) is 5.56 Å². The first-order chi connectivity index (χ1) is 10.7. The molecule has 0 saturated heterocycles. The van der Waals surface area contributed by atoms with Crippen LogP contribution in [-0.4, -0.2) is 11.7 Å². The van der Waals surface area contributed by atoms with Gasteiger partial charge in [-0.05, 0) is 51.7 Å². The maximum Gasteiger partial charge on any atom is 0.387 e. The number of alkyl halides is 2. The summed E-state index contributed by atoms with van der Waals surface area (Å²) in [6.45, 7) is -2.93. The van der Waals surface area contributed by atoms with Crippen molar-refractivity contribution >= 4 is 10.8 Å².